The molecule has 0 bridgehead atoms. The van der Waals surface area contributed by atoms with Crippen molar-refractivity contribution in [1.82, 2.24) is 4.98 Å². The molecule has 1 heterocycles. The fourth-order valence-corrected chi connectivity index (χ4v) is 4.09. The Morgan fingerprint density at radius 2 is 1.67 bits per heavy atom. The van der Waals surface area contributed by atoms with Gasteiger partial charge in [0.1, 0.15) is 0 Å². The van der Waals surface area contributed by atoms with E-state index >= 15 is 0 Å². The Kier molecular flexibility index (Phi) is 11.0. The number of hydrogen-bond acceptors (Lipinski definition) is 2. The molecule has 190 valence electrons. The topological polar surface area (TPSA) is 22.1 Å². The van der Waals surface area contributed by atoms with Crippen LogP contribution in [0, 0.1) is 11.6 Å². The maximum Gasteiger partial charge on any atom is 0.166 e. The van der Waals surface area contributed by atoms with Crippen LogP contribution in [-0.4, -0.2) is 17.7 Å². The first-order valence-corrected chi connectivity index (χ1v) is 13.0. The monoisotopic (exact) mass is 489 g/mol. The molecule has 2 nitrogen and oxygen atoms in total. The Morgan fingerprint density at radius 1 is 0.917 bits per heavy atom. The maximum absolute atomic E-state index is 14.6. The molecule has 0 radical (unpaired) electrons. The van der Waals surface area contributed by atoms with E-state index in [4.69, 9.17) is 4.74 Å². The number of benzene rings is 2. The maximum atomic E-state index is 14.6. The quantitative estimate of drug-likeness (QED) is 0.166. The third-order valence-corrected chi connectivity index (χ3v) is 6.26. The number of halogens is 2. The van der Waals surface area contributed by atoms with Gasteiger partial charge in [-0.2, -0.15) is 0 Å². The summed E-state index contributed by atoms with van der Waals surface area (Å²) in [5, 5.41) is 0. The fourth-order valence-electron chi connectivity index (χ4n) is 4.09. The molecule has 36 heavy (non-hydrogen) atoms. The van der Waals surface area contributed by atoms with E-state index in [1.165, 1.54) is 12.8 Å². The Morgan fingerprint density at radius 3 is 2.36 bits per heavy atom. The Bertz CT molecular complexity index is 1120. The largest absolute Gasteiger partial charge is 0.379 e. The Hall–Kier alpha value is -3.11. The van der Waals surface area contributed by atoms with Crippen molar-refractivity contribution in [2.75, 3.05) is 6.61 Å². The smallest absolute Gasteiger partial charge is 0.166 e. The van der Waals surface area contributed by atoms with Crippen LogP contribution < -0.4 is 0 Å². The van der Waals surface area contributed by atoms with Crippen LogP contribution in [0.2, 0.25) is 0 Å². The second-order valence-electron chi connectivity index (χ2n) is 9.16. The average Bonchev–Trinajstić information content (AvgIpc) is 2.90. The van der Waals surface area contributed by atoms with Crippen LogP contribution >= 0.6 is 0 Å². The number of aromatic nitrogens is 1. The number of pyridine rings is 1. The van der Waals surface area contributed by atoms with Gasteiger partial charge in [-0.3, -0.25) is 4.98 Å². The number of ether oxygens (including phenoxy) is 1. The van der Waals surface area contributed by atoms with E-state index < -0.39 is 11.6 Å². The predicted molar refractivity (Wildman–Crippen MR) is 147 cm³/mol. The summed E-state index contributed by atoms with van der Waals surface area (Å²) in [6, 6.07) is 14.7. The third-order valence-electron chi connectivity index (χ3n) is 6.26. The van der Waals surface area contributed by atoms with Gasteiger partial charge in [-0.15, -0.1) is 6.58 Å². The van der Waals surface area contributed by atoms with Gasteiger partial charge in [-0.25, -0.2) is 8.78 Å². The van der Waals surface area contributed by atoms with Crippen molar-refractivity contribution in [1.29, 1.82) is 0 Å². The van der Waals surface area contributed by atoms with Crippen LogP contribution in [0.25, 0.3) is 28.3 Å². The van der Waals surface area contributed by atoms with Crippen molar-refractivity contribution in [3.63, 3.8) is 0 Å². The molecule has 1 atom stereocenters. The first-order chi connectivity index (χ1) is 17.5. The summed E-state index contributed by atoms with van der Waals surface area (Å²) in [5.74, 6) is -1.64. The molecular formula is C32H37F2NO. The van der Waals surface area contributed by atoms with Crippen molar-refractivity contribution in [2.24, 2.45) is 0 Å². The molecule has 0 aliphatic rings. The van der Waals surface area contributed by atoms with Crippen molar-refractivity contribution in [2.45, 2.75) is 64.9 Å². The van der Waals surface area contributed by atoms with Gasteiger partial charge >= 0.3 is 0 Å². The summed E-state index contributed by atoms with van der Waals surface area (Å²) in [5.41, 5.74) is 4.05. The lowest BCUT2D eigenvalue weighted by Crippen LogP contribution is -2.08. The van der Waals surface area contributed by atoms with Crippen molar-refractivity contribution >= 4 is 6.08 Å². The lowest BCUT2D eigenvalue weighted by atomic mass is 9.98. The SMILES string of the molecule is C=CCc1ccc(-c2ccc(-c3ccc(/C=C/CCCC(C)OCCCCC)nc3)cc2)c(F)c1F. The summed E-state index contributed by atoms with van der Waals surface area (Å²) < 4.78 is 34.7. The van der Waals surface area contributed by atoms with Gasteiger partial charge in [0.2, 0.25) is 0 Å². The molecule has 3 aromatic rings. The molecule has 0 spiro atoms. The Labute approximate surface area is 214 Å². The fraction of sp³-hybridized carbons (Fsp3) is 0.344. The van der Waals surface area contributed by atoms with E-state index in [0.29, 0.717) is 23.7 Å². The predicted octanol–water partition coefficient (Wildman–Crippen LogP) is 9.20. The molecule has 3 rings (SSSR count). The second kappa shape index (κ2) is 14.4. The highest BCUT2D eigenvalue weighted by molar-refractivity contribution is 5.71. The van der Waals surface area contributed by atoms with Crippen LogP contribution in [0.5, 0.6) is 0 Å². The Balaban J connectivity index is 1.52. The van der Waals surface area contributed by atoms with Crippen molar-refractivity contribution < 1.29 is 13.5 Å². The number of hydrogen-bond donors (Lipinski definition) is 0. The lowest BCUT2D eigenvalue weighted by molar-refractivity contribution is 0.0566. The van der Waals surface area contributed by atoms with Crippen LogP contribution in [0.15, 0.2) is 73.5 Å². The minimum absolute atomic E-state index is 0.253. The zero-order chi connectivity index (χ0) is 25.8. The minimum Gasteiger partial charge on any atom is -0.379 e. The van der Waals surface area contributed by atoms with E-state index in [2.05, 4.69) is 31.5 Å². The van der Waals surface area contributed by atoms with E-state index in [1.807, 2.05) is 48.7 Å². The van der Waals surface area contributed by atoms with Gasteiger partial charge in [-0.05, 0) is 67.9 Å². The van der Waals surface area contributed by atoms with Crippen molar-refractivity contribution in [3.8, 4) is 22.3 Å². The van der Waals surface area contributed by atoms with Crippen molar-refractivity contribution in [3.05, 3.63) is 96.4 Å². The molecule has 0 saturated carbocycles. The summed E-state index contributed by atoms with van der Waals surface area (Å²) in [6.45, 7) is 8.81. The molecular weight excluding hydrogens is 452 g/mol. The minimum atomic E-state index is -0.825. The highest BCUT2D eigenvalue weighted by atomic mass is 19.2. The van der Waals surface area contributed by atoms with Gasteiger partial charge in [0.25, 0.3) is 0 Å². The van der Waals surface area contributed by atoms with Crippen LogP contribution in [0.3, 0.4) is 0 Å². The molecule has 1 aromatic heterocycles. The van der Waals surface area contributed by atoms with E-state index in [1.54, 1.807) is 18.2 Å². The zero-order valence-corrected chi connectivity index (χ0v) is 21.5. The first-order valence-electron chi connectivity index (χ1n) is 13.0. The van der Waals surface area contributed by atoms with Crippen LogP contribution in [0.4, 0.5) is 8.78 Å². The van der Waals surface area contributed by atoms with Gasteiger partial charge in [0.15, 0.2) is 11.6 Å². The number of nitrogens with zero attached hydrogens (tertiary/aromatic N) is 1. The third kappa shape index (κ3) is 7.96. The molecule has 0 aliphatic heterocycles. The number of unbranched alkanes of at least 4 members (excludes halogenated alkanes) is 3. The number of allylic oxidation sites excluding steroid dienone is 2. The van der Waals surface area contributed by atoms with Gasteiger partial charge in [0, 0.05) is 23.9 Å². The molecule has 0 amide bonds. The van der Waals surface area contributed by atoms with E-state index in [-0.39, 0.29) is 5.56 Å². The molecule has 0 aliphatic carbocycles. The zero-order valence-electron chi connectivity index (χ0n) is 21.5. The summed E-state index contributed by atoms with van der Waals surface area (Å²) in [7, 11) is 0. The summed E-state index contributed by atoms with van der Waals surface area (Å²) in [4.78, 5) is 4.55. The van der Waals surface area contributed by atoms with Gasteiger partial charge < -0.3 is 4.74 Å². The standard InChI is InChI=1S/C32H37F2NO/c1-4-6-10-22-36-24(3)12-8-7-9-13-29-20-18-28(23-35-29)25-14-16-26(17-15-25)30-21-19-27(11-5-2)31(33)32(30)34/h5,9,13-21,23-24H,2,4,6-8,10-12,22H2,1,3H3/b13-9+. The highest BCUT2D eigenvalue weighted by Gasteiger charge is 2.14. The van der Waals surface area contributed by atoms with E-state index in [9.17, 15) is 8.78 Å². The van der Waals surface area contributed by atoms with Crippen LogP contribution in [-0.2, 0) is 11.2 Å². The number of rotatable bonds is 14. The first kappa shape index (κ1) is 27.5. The summed E-state index contributed by atoms with van der Waals surface area (Å²) >= 11 is 0. The second-order valence-corrected chi connectivity index (χ2v) is 9.16. The van der Waals surface area contributed by atoms with Gasteiger partial charge in [0.05, 0.1) is 11.8 Å². The van der Waals surface area contributed by atoms with Gasteiger partial charge in [-0.1, -0.05) is 74.4 Å². The molecule has 0 saturated heterocycles. The summed E-state index contributed by atoms with van der Waals surface area (Å²) in [6.07, 6.45) is 15.0. The molecule has 2 aromatic carbocycles. The molecule has 1 unspecified atom stereocenters. The van der Waals surface area contributed by atoms with Crippen LogP contribution in [0.1, 0.15) is 63.6 Å². The van der Waals surface area contributed by atoms with E-state index in [0.717, 1.165) is 49.1 Å². The average molecular weight is 490 g/mol. The molecule has 4 heteroatoms. The highest BCUT2D eigenvalue weighted by Crippen LogP contribution is 2.29. The molecule has 0 N–H and O–H groups in total. The lowest BCUT2D eigenvalue weighted by Gasteiger charge is -2.11. The molecule has 0 fully saturated rings. The normalized spacial score (nSPS) is 12.2.